The van der Waals surface area contributed by atoms with E-state index >= 15 is 0 Å². The van der Waals surface area contributed by atoms with Crippen molar-refractivity contribution in [2.24, 2.45) is 0 Å². The van der Waals surface area contributed by atoms with E-state index in [4.69, 9.17) is 5.26 Å². The van der Waals surface area contributed by atoms with Crippen LogP contribution in [0.5, 0.6) is 0 Å². The molecule has 2 rings (SSSR count). The van der Waals surface area contributed by atoms with E-state index in [0.29, 0.717) is 32.5 Å². The number of sulfonamides is 1. The van der Waals surface area contributed by atoms with Gasteiger partial charge in [-0.15, -0.1) is 0 Å². The maximum absolute atomic E-state index is 13.0. The number of hydrogen-bond donors (Lipinski definition) is 1. The van der Waals surface area contributed by atoms with Gasteiger partial charge in [-0.3, -0.25) is 9.69 Å². The van der Waals surface area contributed by atoms with Crippen LogP contribution in [-0.2, 0) is 14.8 Å². The van der Waals surface area contributed by atoms with Crippen molar-refractivity contribution in [3.8, 4) is 6.07 Å². The highest BCUT2D eigenvalue weighted by atomic mass is 32.2. The second kappa shape index (κ2) is 9.12. The highest BCUT2D eigenvalue weighted by Gasteiger charge is 2.30. The molecule has 0 aliphatic carbocycles. The summed E-state index contributed by atoms with van der Waals surface area (Å²) in [5, 5.41) is 8.90. The molecule has 1 heterocycles. The first kappa shape index (κ1) is 20.4. The number of benzene rings is 1. The summed E-state index contributed by atoms with van der Waals surface area (Å²) in [6, 6.07) is 11.1. The van der Waals surface area contributed by atoms with Gasteiger partial charge in [-0.1, -0.05) is 18.2 Å². The summed E-state index contributed by atoms with van der Waals surface area (Å²) < 4.78 is 25.4. The topological polar surface area (TPSA) is 93.5 Å². The lowest BCUT2D eigenvalue weighted by molar-refractivity contribution is -0.123. The van der Waals surface area contributed by atoms with Crippen LogP contribution in [0.15, 0.2) is 30.3 Å². The van der Waals surface area contributed by atoms with Crippen molar-refractivity contribution in [2.45, 2.75) is 38.3 Å². The number of para-hydroxylation sites is 1. The zero-order chi connectivity index (χ0) is 19.2. The minimum Gasteiger partial charge on any atom is -0.310 e. The molecule has 1 saturated heterocycles. The van der Waals surface area contributed by atoms with E-state index in [1.165, 1.54) is 6.26 Å². The third-order valence-corrected chi connectivity index (χ3v) is 5.36. The highest BCUT2D eigenvalue weighted by molar-refractivity contribution is 7.88. The molecule has 0 spiro atoms. The van der Waals surface area contributed by atoms with Crippen LogP contribution in [0.3, 0.4) is 0 Å². The van der Waals surface area contributed by atoms with E-state index in [9.17, 15) is 13.2 Å². The molecule has 1 N–H and O–H groups in total. The van der Waals surface area contributed by atoms with E-state index in [1.54, 1.807) is 4.90 Å². The quantitative estimate of drug-likeness (QED) is 0.773. The fourth-order valence-electron chi connectivity index (χ4n) is 3.23. The Hall–Kier alpha value is -1.95. The highest BCUT2D eigenvalue weighted by Crippen LogP contribution is 2.19. The van der Waals surface area contributed by atoms with Crippen LogP contribution in [-0.4, -0.2) is 57.2 Å². The van der Waals surface area contributed by atoms with Crippen LogP contribution >= 0.6 is 0 Å². The number of amides is 1. The second-order valence-corrected chi connectivity index (χ2v) is 8.39. The number of carbonyl (C=O) groups is 1. The summed E-state index contributed by atoms with van der Waals surface area (Å²) in [4.78, 5) is 16.8. The summed E-state index contributed by atoms with van der Waals surface area (Å²) in [5.74, 6) is -0.0408. The molecule has 1 fully saturated rings. The van der Waals surface area contributed by atoms with Gasteiger partial charge in [0.15, 0.2) is 0 Å². The Bertz CT molecular complexity index is 737. The van der Waals surface area contributed by atoms with Crippen LogP contribution in [0.1, 0.15) is 26.2 Å². The van der Waals surface area contributed by atoms with Gasteiger partial charge in [0.25, 0.3) is 0 Å². The van der Waals surface area contributed by atoms with Gasteiger partial charge < -0.3 is 4.90 Å². The first-order valence-corrected chi connectivity index (χ1v) is 10.7. The van der Waals surface area contributed by atoms with Gasteiger partial charge in [-0.05, 0) is 31.9 Å². The Morgan fingerprint density at radius 1 is 1.35 bits per heavy atom. The van der Waals surface area contributed by atoms with E-state index in [2.05, 4.69) is 15.7 Å². The number of piperidine rings is 1. The number of hydrogen-bond acceptors (Lipinski definition) is 5. The molecular formula is C18H26N4O3S. The average Bonchev–Trinajstić information content (AvgIpc) is 2.61. The summed E-state index contributed by atoms with van der Waals surface area (Å²) in [6.07, 6.45) is 2.79. The van der Waals surface area contributed by atoms with Crippen molar-refractivity contribution in [1.82, 2.24) is 9.62 Å². The van der Waals surface area contributed by atoms with Crippen LogP contribution in [0, 0.1) is 11.3 Å². The standard InChI is InChI=1S/C18H26N4O3S/c1-15(21-13-9-16(10-14-21)20-26(2,24)25)18(23)22(12-6-11-19)17-7-4-3-5-8-17/h3-5,7-8,15-16,20H,6,9-10,12-14H2,1-2H3. The molecular weight excluding hydrogens is 352 g/mol. The van der Waals surface area contributed by atoms with Gasteiger partial charge in [-0.2, -0.15) is 5.26 Å². The Balaban J connectivity index is 2.02. The summed E-state index contributed by atoms with van der Waals surface area (Å²) in [7, 11) is -3.21. The molecule has 1 aromatic carbocycles. The first-order valence-electron chi connectivity index (χ1n) is 8.76. The molecule has 26 heavy (non-hydrogen) atoms. The van der Waals surface area contributed by atoms with Crippen LogP contribution in [0.4, 0.5) is 5.69 Å². The van der Waals surface area contributed by atoms with Gasteiger partial charge >= 0.3 is 0 Å². The predicted octanol–water partition coefficient (Wildman–Crippen LogP) is 1.34. The van der Waals surface area contributed by atoms with Crippen molar-refractivity contribution < 1.29 is 13.2 Å². The lowest BCUT2D eigenvalue weighted by Gasteiger charge is -2.37. The molecule has 0 aromatic heterocycles. The van der Waals surface area contributed by atoms with Gasteiger partial charge in [0.2, 0.25) is 15.9 Å². The molecule has 0 saturated carbocycles. The van der Waals surface area contributed by atoms with E-state index < -0.39 is 10.0 Å². The zero-order valence-electron chi connectivity index (χ0n) is 15.3. The molecule has 1 aliphatic rings. The molecule has 1 aliphatic heterocycles. The van der Waals surface area contributed by atoms with Crippen molar-refractivity contribution in [2.75, 3.05) is 30.8 Å². The van der Waals surface area contributed by atoms with Crippen LogP contribution in [0.2, 0.25) is 0 Å². The Morgan fingerprint density at radius 3 is 2.50 bits per heavy atom. The Labute approximate surface area is 155 Å². The number of likely N-dealkylation sites (tertiary alicyclic amines) is 1. The smallest absolute Gasteiger partial charge is 0.244 e. The fourth-order valence-corrected chi connectivity index (χ4v) is 4.07. The Morgan fingerprint density at radius 2 is 1.96 bits per heavy atom. The van der Waals surface area contributed by atoms with Crippen LogP contribution < -0.4 is 9.62 Å². The normalized spacial score (nSPS) is 17.4. The van der Waals surface area contributed by atoms with Crippen molar-refractivity contribution in [3.05, 3.63) is 30.3 Å². The molecule has 0 radical (unpaired) electrons. The lowest BCUT2D eigenvalue weighted by Crippen LogP contribution is -2.52. The van der Waals surface area contributed by atoms with Crippen LogP contribution in [0.25, 0.3) is 0 Å². The molecule has 0 bridgehead atoms. The van der Waals surface area contributed by atoms with Crippen molar-refractivity contribution in [1.29, 1.82) is 5.26 Å². The molecule has 7 nitrogen and oxygen atoms in total. The minimum absolute atomic E-state index is 0.0408. The predicted molar refractivity (Wildman–Crippen MR) is 101 cm³/mol. The van der Waals surface area contributed by atoms with Gasteiger partial charge in [0.1, 0.15) is 0 Å². The average molecular weight is 378 g/mol. The molecule has 1 atom stereocenters. The summed E-state index contributed by atoms with van der Waals surface area (Å²) in [5.41, 5.74) is 0.785. The number of anilines is 1. The first-order chi connectivity index (χ1) is 12.3. The maximum Gasteiger partial charge on any atom is 0.244 e. The number of carbonyl (C=O) groups excluding carboxylic acids is 1. The minimum atomic E-state index is -3.21. The summed E-state index contributed by atoms with van der Waals surface area (Å²) in [6.45, 7) is 3.53. The van der Waals surface area contributed by atoms with E-state index in [-0.39, 0.29) is 24.4 Å². The SMILES string of the molecule is CC(C(=O)N(CCC#N)c1ccccc1)N1CCC(NS(C)(=O)=O)CC1. The molecule has 1 aromatic rings. The Kier molecular flexibility index (Phi) is 7.14. The zero-order valence-corrected chi connectivity index (χ0v) is 16.1. The fraction of sp³-hybridized carbons (Fsp3) is 0.556. The molecule has 8 heteroatoms. The lowest BCUT2D eigenvalue weighted by atomic mass is 10.0. The number of nitrogens with one attached hydrogen (secondary N) is 1. The summed E-state index contributed by atoms with van der Waals surface area (Å²) >= 11 is 0. The monoisotopic (exact) mass is 378 g/mol. The third kappa shape index (κ3) is 5.80. The van der Waals surface area contributed by atoms with Crippen molar-refractivity contribution >= 4 is 21.6 Å². The third-order valence-electron chi connectivity index (χ3n) is 4.60. The van der Waals surface area contributed by atoms with Gasteiger partial charge in [-0.25, -0.2) is 13.1 Å². The van der Waals surface area contributed by atoms with Gasteiger partial charge in [0.05, 0.1) is 24.8 Å². The molecule has 1 unspecified atom stereocenters. The van der Waals surface area contributed by atoms with Gasteiger partial charge in [0, 0.05) is 31.4 Å². The molecule has 1 amide bonds. The maximum atomic E-state index is 13.0. The van der Waals surface area contributed by atoms with E-state index in [1.807, 2.05) is 37.3 Å². The largest absolute Gasteiger partial charge is 0.310 e. The second-order valence-electron chi connectivity index (χ2n) is 6.61. The van der Waals surface area contributed by atoms with Crippen molar-refractivity contribution in [3.63, 3.8) is 0 Å². The molecule has 142 valence electrons. The number of rotatable bonds is 7. The van der Waals surface area contributed by atoms with E-state index in [0.717, 1.165) is 5.69 Å². The number of nitrogens with zero attached hydrogens (tertiary/aromatic N) is 3. The number of nitriles is 1.